The number of hydrogen-bond acceptors (Lipinski definition) is 2. The summed E-state index contributed by atoms with van der Waals surface area (Å²) in [7, 11) is 2.19. The highest BCUT2D eigenvalue weighted by Gasteiger charge is 2.33. The molecule has 1 unspecified atom stereocenters. The van der Waals surface area contributed by atoms with Gasteiger partial charge < -0.3 is 9.47 Å². The molecule has 3 aromatic carbocycles. The summed E-state index contributed by atoms with van der Waals surface area (Å²) in [6.07, 6.45) is 7.64. The second-order valence-electron chi connectivity index (χ2n) is 7.76. The maximum Gasteiger partial charge on any atom is 0.100 e. The van der Waals surface area contributed by atoms with Gasteiger partial charge in [-0.05, 0) is 47.4 Å². The Morgan fingerprint density at radius 3 is 2.62 bits per heavy atom. The van der Waals surface area contributed by atoms with Crippen molar-refractivity contribution < 1.29 is 0 Å². The molecule has 0 bridgehead atoms. The molecule has 4 aromatic rings. The first-order valence-corrected chi connectivity index (χ1v) is 10.1. The van der Waals surface area contributed by atoms with E-state index in [1.54, 1.807) is 0 Å². The maximum atomic E-state index is 4.65. The molecule has 1 atom stereocenters. The standard InChI is InChI=1S/C26H21N3/c1-28-22-12-6-3-8-18(22)14-15-24(28)26-20-10-4-2-9-19(20)16-25(26)29-17-27-21-11-5-7-13-23(21)29/h2-13,15-17,26H,14H2,1H3. The van der Waals surface area contributed by atoms with E-state index < -0.39 is 0 Å². The second-order valence-corrected chi connectivity index (χ2v) is 7.76. The SMILES string of the molecule is CN1C(C2C(n3cnc4ccccc43)=Cc3ccccc32)=CCc2ccccc21. The van der Waals surface area contributed by atoms with E-state index in [0.717, 1.165) is 17.5 Å². The van der Waals surface area contributed by atoms with Crippen molar-refractivity contribution in [3.05, 3.63) is 108 Å². The summed E-state index contributed by atoms with van der Waals surface area (Å²) in [6, 6.07) is 25.8. The Labute approximate surface area is 170 Å². The van der Waals surface area contributed by atoms with E-state index in [1.165, 1.54) is 33.8 Å². The van der Waals surface area contributed by atoms with E-state index >= 15 is 0 Å². The predicted octanol–water partition coefficient (Wildman–Crippen LogP) is 5.71. The third-order valence-corrected chi connectivity index (χ3v) is 6.21. The van der Waals surface area contributed by atoms with Crippen LogP contribution in [0, 0.1) is 0 Å². The molecule has 3 heteroatoms. The molecule has 0 N–H and O–H groups in total. The van der Waals surface area contributed by atoms with Crippen LogP contribution in [0.4, 0.5) is 5.69 Å². The highest BCUT2D eigenvalue weighted by Crippen LogP contribution is 2.47. The normalized spacial score (nSPS) is 17.7. The van der Waals surface area contributed by atoms with Crippen LogP contribution in [0.25, 0.3) is 22.8 Å². The number of likely N-dealkylation sites (N-methyl/N-ethyl adjacent to an activating group) is 1. The number of para-hydroxylation sites is 3. The van der Waals surface area contributed by atoms with Gasteiger partial charge in [-0.15, -0.1) is 0 Å². The predicted molar refractivity (Wildman–Crippen MR) is 120 cm³/mol. The number of allylic oxidation sites excluding steroid dienone is 2. The highest BCUT2D eigenvalue weighted by molar-refractivity contribution is 5.91. The molecule has 0 amide bonds. The summed E-state index contributed by atoms with van der Waals surface area (Å²) in [5, 5.41) is 0. The zero-order chi connectivity index (χ0) is 19.4. The van der Waals surface area contributed by atoms with Crippen molar-refractivity contribution in [3.8, 4) is 0 Å². The molecule has 6 rings (SSSR count). The van der Waals surface area contributed by atoms with Crippen LogP contribution in [-0.4, -0.2) is 16.6 Å². The van der Waals surface area contributed by atoms with Crippen LogP contribution in [-0.2, 0) is 6.42 Å². The third kappa shape index (κ3) is 2.40. The van der Waals surface area contributed by atoms with Crippen molar-refractivity contribution >= 4 is 28.5 Å². The number of benzene rings is 3. The van der Waals surface area contributed by atoms with Gasteiger partial charge in [0, 0.05) is 24.1 Å². The molecule has 140 valence electrons. The summed E-state index contributed by atoms with van der Waals surface area (Å²) in [4.78, 5) is 7.01. The Balaban J connectivity index is 1.53. The van der Waals surface area contributed by atoms with E-state index in [4.69, 9.17) is 0 Å². The van der Waals surface area contributed by atoms with Gasteiger partial charge in [-0.3, -0.25) is 0 Å². The lowest BCUT2D eigenvalue weighted by atomic mass is 9.90. The fourth-order valence-corrected chi connectivity index (χ4v) is 4.80. The van der Waals surface area contributed by atoms with Gasteiger partial charge in [0.15, 0.2) is 0 Å². The largest absolute Gasteiger partial charge is 0.347 e. The van der Waals surface area contributed by atoms with Gasteiger partial charge in [0.2, 0.25) is 0 Å². The van der Waals surface area contributed by atoms with Crippen molar-refractivity contribution in [2.45, 2.75) is 12.3 Å². The summed E-state index contributed by atoms with van der Waals surface area (Å²) in [5.41, 5.74) is 10.1. The van der Waals surface area contributed by atoms with Crippen molar-refractivity contribution in [1.82, 2.24) is 9.55 Å². The van der Waals surface area contributed by atoms with E-state index in [2.05, 4.69) is 100 Å². The first-order chi connectivity index (χ1) is 14.3. The minimum absolute atomic E-state index is 0.183. The first kappa shape index (κ1) is 16.4. The number of anilines is 1. The molecule has 0 saturated heterocycles. The molecule has 1 aromatic heterocycles. The maximum absolute atomic E-state index is 4.65. The van der Waals surface area contributed by atoms with Crippen LogP contribution in [0.1, 0.15) is 22.6 Å². The number of hydrogen-bond donors (Lipinski definition) is 0. The molecular weight excluding hydrogens is 354 g/mol. The first-order valence-electron chi connectivity index (χ1n) is 10.1. The van der Waals surface area contributed by atoms with Crippen molar-refractivity contribution in [2.24, 2.45) is 0 Å². The van der Waals surface area contributed by atoms with Crippen molar-refractivity contribution in [1.29, 1.82) is 0 Å². The molecule has 29 heavy (non-hydrogen) atoms. The summed E-state index contributed by atoms with van der Waals surface area (Å²) in [6.45, 7) is 0. The molecule has 0 fully saturated rings. The number of fused-ring (bicyclic) bond motifs is 3. The Kier molecular flexibility index (Phi) is 3.51. The van der Waals surface area contributed by atoms with Crippen molar-refractivity contribution in [2.75, 3.05) is 11.9 Å². The molecule has 1 aliphatic heterocycles. The van der Waals surface area contributed by atoms with Crippen LogP contribution in [0.15, 0.2) is 90.9 Å². The molecular formula is C26H21N3. The Morgan fingerprint density at radius 2 is 1.66 bits per heavy atom. The van der Waals surface area contributed by atoms with E-state index in [1.807, 2.05) is 12.4 Å². The van der Waals surface area contributed by atoms with Gasteiger partial charge in [-0.25, -0.2) is 4.98 Å². The summed E-state index contributed by atoms with van der Waals surface area (Å²) in [5.74, 6) is 0.183. The smallest absolute Gasteiger partial charge is 0.100 e. The molecule has 2 aliphatic rings. The number of rotatable bonds is 2. The van der Waals surface area contributed by atoms with E-state index in [-0.39, 0.29) is 5.92 Å². The number of imidazole rings is 1. The van der Waals surface area contributed by atoms with Crippen LogP contribution in [0.2, 0.25) is 0 Å². The second kappa shape index (κ2) is 6.21. The summed E-state index contributed by atoms with van der Waals surface area (Å²) >= 11 is 0. The van der Waals surface area contributed by atoms with Crippen LogP contribution >= 0.6 is 0 Å². The Hall–Kier alpha value is -3.59. The molecule has 0 spiro atoms. The topological polar surface area (TPSA) is 21.1 Å². The van der Waals surface area contributed by atoms with Crippen LogP contribution in [0.3, 0.4) is 0 Å². The Bertz CT molecular complexity index is 1310. The quantitative estimate of drug-likeness (QED) is 0.448. The lowest BCUT2D eigenvalue weighted by Gasteiger charge is -2.34. The highest BCUT2D eigenvalue weighted by atomic mass is 15.1. The van der Waals surface area contributed by atoms with E-state index in [9.17, 15) is 0 Å². The van der Waals surface area contributed by atoms with Gasteiger partial charge in [-0.2, -0.15) is 0 Å². The fraction of sp³-hybridized carbons (Fsp3) is 0.115. The molecule has 1 aliphatic carbocycles. The van der Waals surface area contributed by atoms with E-state index in [0.29, 0.717) is 0 Å². The minimum atomic E-state index is 0.183. The van der Waals surface area contributed by atoms with Crippen molar-refractivity contribution in [3.63, 3.8) is 0 Å². The van der Waals surface area contributed by atoms with Gasteiger partial charge in [-0.1, -0.05) is 60.7 Å². The fourth-order valence-electron chi connectivity index (χ4n) is 4.80. The minimum Gasteiger partial charge on any atom is -0.347 e. The van der Waals surface area contributed by atoms with Crippen LogP contribution in [0.5, 0.6) is 0 Å². The number of nitrogens with zero attached hydrogens (tertiary/aromatic N) is 3. The molecule has 3 nitrogen and oxygen atoms in total. The molecule has 0 saturated carbocycles. The Morgan fingerprint density at radius 1 is 0.862 bits per heavy atom. The average molecular weight is 375 g/mol. The lowest BCUT2D eigenvalue weighted by Crippen LogP contribution is -2.26. The van der Waals surface area contributed by atoms with Crippen LogP contribution < -0.4 is 4.90 Å². The average Bonchev–Trinajstić information content (AvgIpc) is 3.36. The lowest BCUT2D eigenvalue weighted by molar-refractivity contribution is 0.862. The zero-order valence-electron chi connectivity index (χ0n) is 16.3. The third-order valence-electron chi connectivity index (χ3n) is 6.21. The van der Waals surface area contributed by atoms with Gasteiger partial charge in [0.25, 0.3) is 0 Å². The summed E-state index contributed by atoms with van der Waals surface area (Å²) < 4.78 is 2.26. The number of aromatic nitrogens is 2. The molecule has 0 radical (unpaired) electrons. The van der Waals surface area contributed by atoms with Gasteiger partial charge >= 0.3 is 0 Å². The van der Waals surface area contributed by atoms with Gasteiger partial charge in [0.05, 0.1) is 17.0 Å². The monoisotopic (exact) mass is 375 g/mol. The van der Waals surface area contributed by atoms with Gasteiger partial charge in [0.1, 0.15) is 6.33 Å². The molecule has 2 heterocycles. The zero-order valence-corrected chi connectivity index (χ0v) is 16.3.